The number of rotatable bonds is 6. The fourth-order valence-corrected chi connectivity index (χ4v) is 2.87. The molecule has 1 saturated heterocycles. The first-order valence-electron chi connectivity index (χ1n) is 7.88. The van der Waals surface area contributed by atoms with E-state index in [1.165, 1.54) is 25.0 Å². The SMILES string of the molecule is CC(CC(=O)NCCC1CCCNC1)c1cccc(F)c1.Cl. The molecule has 22 heavy (non-hydrogen) atoms. The Hall–Kier alpha value is -1.13. The van der Waals surface area contributed by atoms with Crippen LogP contribution in [0.3, 0.4) is 0 Å². The van der Waals surface area contributed by atoms with Crippen LogP contribution in [0.2, 0.25) is 0 Å². The highest BCUT2D eigenvalue weighted by Crippen LogP contribution is 2.19. The van der Waals surface area contributed by atoms with Crippen LogP contribution >= 0.6 is 12.4 Å². The van der Waals surface area contributed by atoms with Crippen LogP contribution in [0.5, 0.6) is 0 Å². The van der Waals surface area contributed by atoms with Crippen LogP contribution in [0.4, 0.5) is 4.39 Å². The summed E-state index contributed by atoms with van der Waals surface area (Å²) in [7, 11) is 0. The Morgan fingerprint density at radius 2 is 2.32 bits per heavy atom. The smallest absolute Gasteiger partial charge is 0.220 e. The molecule has 124 valence electrons. The lowest BCUT2D eigenvalue weighted by atomic mass is 9.95. The summed E-state index contributed by atoms with van der Waals surface area (Å²) < 4.78 is 13.2. The molecule has 1 aromatic carbocycles. The molecule has 2 rings (SSSR count). The highest BCUT2D eigenvalue weighted by Gasteiger charge is 2.14. The number of amides is 1. The zero-order valence-electron chi connectivity index (χ0n) is 13.1. The summed E-state index contributed by atoms with van der Waals surface area (Å²) in [5, 5.41) is 6.37. The minimum Gasteiger partial charge on any atom is -0.356 e. The quantitative estimate of drug-likeness (QED) is 0.841. The third kappa shape index (κ3) is 6.32. The minimum atomic E-state index is -0.246. The molecule has 0 radical (unpaired) electrons. The molecule has 2 unspecified atom stereocenters. The van der Waals surface area contributed by atoms with Crippen LogP contribution in [-0.4, -0.2) is 25.5 Å². The third-order valence-electron chi connectivity index (χ3n) is 4.18. The van der Waals surface area contributed by atoms with Gasteiger partial charge in [0.25, 0.3) is 0 Å². The Balaban J connectivity index is 0.00000242. The molecule has 0 bridgehead atoms. The highest BCUT2D eigenvalue weighted by atomic mass is 35.5. The molecule has 1 amide bonds. The maximum absolute atomic E-state index is 13.2. The van der Waals surface area contributed by atoms with Gasteiger partial charge in [-0.05, 0) is 61.9 Å². The van der Waals surface area contributed by atoms with E-state index in [0.717, 1.165) is 31.6 Å². The van der Waals surface area contributed by atoms with E-state index in [-0.39, 0.29) is 30.0 Å². The molecule has 1 aromatic rings. The zero-order valence-corrected chi connectivity index (χ0v) is 13.9. The molecule has 1 aliphatic heterocycles. The van der Waals surface area contributed by atoms with Gasteiger partial charge in [-0.3, -0.25) is 4.79 Å². The maximum atomic E-state index is 13.2. The van der Waals surface area contributed by atoms with Gasteiger partial charge in [0.15, 0.2) is 0 Å². The Labute approximate surface area is 138 Å². The molecule has 0 spiro atoms. The van der Waals surface area contributed by atoms with Gasteiger partial charge in [0.05, 0.1) is 0 Å². The monoisotopic (exact) mass is 328 g/mol. The van der Waals surface area contributed by atoms with Gasteiger partial charge in [-0.15, -0.1) is 12.4 Å². The largest absolute Gasteiger partial charge is 0.356 e. The molecule has 5 heteroatoms. The summed E-state index contributed by atoms with van der Waals surface area (Å²) in [5.74, 6) is 0.525. The summed E-state index contributed by atoms with van der Waals surface area (Å²) in [6.45, 7) is 4.88. The van der Waals surface area contributed by atoms with Crippen molar-refractivity contribution in [3.8, 4) is 0 Å². The average molecular weight is 329 g/mol. The number of nitrogens with one attached hydrogen (secondary N) is 2. The van der Waals surface area contributed by atoms with E-state index in [2.05, 4.69) is 10.6 Å². The van der Waals surface area contributed by atoms with Crippen molar-refractivity contribution >= 4 is 18.3 Å². The van der Waals surface area contributed by atoms with Crippen molar-refractivity contribution in [2.45, 2.75) is 38.5 Å². The zero-order chi connectivity index (χ0) is 15.1. The van der Waals surface area contributed by atoms with E-state index in [0.29, 0.717) is 12.3 Å². The molecular formula is C17H26ClFN2O. The molecule has 2 atom stereocenters. The molecule has 1 heterocycles. The lowest BCUT2D eigenvalue weighted by molar-refractivity contribution is -0.121. The second-order valence-corrected chi connectivity index (χ2v) is 6.01. The van der Waals surface area contributed by atoms with Crippen LogP contribution in [-0.2, 0) is 4.79 Å². The predicted octanol–water partition coefficient (Wildman–Crippen LogP) is 3.25. The van der Waals surface area contributed by atoms with Crippen LogP contribution in [0.25, 0.3) is 0 Å². The first kappa shape index (κ1) is 18.9. The molecule has 1 aliphatic rings. The van der Waals surface area contributed by atoms with E-state index in [1.54, 1.807) is 6.07 Å². The number of carbonyl (C=O) groups excluding carboxylic acids is 1. The van der Waals surface area contributed by atoms with E-state index in [4.69, 9.17) is 0 Å². The van der Waals surface area contributed by atoms with Crippen molar-refractivity contribution in [2.24, 2.45) is 5.92 Å². The second kappa shape index (κ2) is 9.80. The highest BCUT2D eigenvalue weighted by molar-refractivity contribution is 5.85. The number of hydrogen-bond donors (Lipinski definition) is 2. The lowest BCUT2D eigenvalue weighted by Crippen LogP contribution is -2.33. The van der Waals surface area contributed by atoms with Crippen LogP contribution in [0, 0.1) is 11.7 Å². The molecule has 0 aromatic heterocycles. The summed E-state index contributed by atoms with van der Waals surface area (Å²) >= 11 is 0. The normalized spacial score (nSPS) is 19.1. The van der Waals surface area contributed by atoms with Gasteiger partial charge >= 0.3 is 0 Å². The molecule has 2 N–H and O–H groups in total. The molecule has 3 nitrogen and oxygen atoms in total. The second-order valence-electron chi connectivity index (χ2n) is 6.01. The average Bonchev–Trinajstić information content (AvgIpc) is 2.48. The summed E-state index contributed by atoms with van der Waals surface area (Å²) in [4.78, 5) is 11.9. The van der Waals surface area contributed by atoms with Gasteiger partial charge in [-0.25, -0.2) is 4.39 Å². The van der Waals surface area contributed by atoms with Crippen molar-refractivity contribution in [1.82, 2.24) is 10.6 Å². The topological polar surface area (TPSA) is 41.1 Å². The Bertz CT molecular complexity index is 464. The van der Waals surface area contributed by atoms with Crippen molar-refractivity contribution in [3.05, 3.63) is 35.6 Å². The summed E-state index contributed by atoms with van der Waals surface area (Å²) in [6, 6.07) is 6.49. The Morgan fingerprint density at radius 1 is 1.50 bits per heavy atom. The van der Waals surface area contributed by atoms with E-state index in [9.17, 15) is 9.18 Å². The number of halogens is 2. The van der Waals surface area contributed by atoms with Gasteiger partial charge in [-0.2, -0.15) is 0 Å². The Morgan fingerprint density at radius 3 is 3.00 bits per heavy atom. The minimum absolute atomic E-state index is 0. The van der Waals surface area contributed by atoms with Gasteiger partial charge in [0.1, 0.15) is 5.82 Å². The van der Waals surface area contributed by atoms with Gasteiger partial charge in [0, 0.05) is 13.0 Å². The van der Waals surface area contributed by atoms with E-state index >= 15 is 0 Å². The first-order valence-corrected chi connectivity index (χ1v) is 7.88. The molecule has 0 aliphatic carbocycles. The third-order valence-corrected chi connectivity index (χ3v) is 4.18. The van der Waals surface area contributed by atoms with Crippen molar-refractivity contribution < 1.29 is 9.18 Å². The molecule has 1 fully saturated rings. The van der Waals surface area contributed by atoms with E-state index < -0.39 is 0 Å². The molecule has 0 saturated carbocycles. The molecular weight excluding hydrogens is 303 g/mol. The van der Waals surface area contributed by atoms with Gasteiger partial charge in [0.2, 0.25) is 5.91 Å². The Kier molecular flexibility index (Phi) is 8.43. The van der Waals surface area contributed by atoms with Crippen LogP contribution < -0.4 is 10.6 Å². The van der Waals surface area contributed by atoms with Crippen molar-refractivity contribution in [2.75, 3.05) is 19.6 Å². The predicted molar refractivity (Wildman–Crippen MR) is 89.9 cm³/mol. The summed E-state index contributed by atoms with van der Waals surface area (Å²) in [6.07, 6.45) is 3.93. The van der Waals surface area contributed by atoms with Crippen molar-refractivity contribution in [3.63, 3.8) is 0 Å². The first-order chi connectivity index (χ1) is 10.1. The number of benzene rings is 1. The van der Waals surface area contributed by atoms with Crippen LogP contribution in [0.1, 0.15) is 44.1 Å². The maximum Gasteiger partial charge on any atom is 0.220 e. The number of hydrogen-bond acceptors (Lipinski definition) is 2. The van der Waals surface area contributed by atoms with Gasteiger partial charge in [-0.1, -0.05) is 19.1 Å². The van der Waals surface area contributed by atoms with E-state index in [1.807, 2.05) is 13.0 Å². The van der Waals surface area contributed by atoms with Gasteiger partial charge < -0.3 is 10.6 Å². The fourth-order valence-electron chi connectivity index (χ4n) is 2.87. The standard InChI is InChI=1S/C17H25FN2O.ClH/c1-13(15-5-2-6-16(18)11-15)10-17(21)20-9-7-14-4-3-8-19-12-14;/h2,5-6,11,13-14,19H,3-4,7-10,12H2,1H3,(H,20,21);1H. The number of piperidine rings is 1. The summed E-state index contributed by atoms with van der Waals surface area (Å²) in [5.41, 5.74) is 0.877. The fraction of sp³-hybridized carbons (Fsp3) is 0.588. The van der Waals surface area contributed by atoms with Crippen LogP contribution in [0.15, 0.2) is 24.3 Å². The lowest BCUT2D eigenvalue weighted by Gasteiger charge is -2.22. The number of carbonyl (C=O) groups is 1. The van der Waals surface area contributed by atoms with Crippen molar-refractivity contribution in [1.29, 1.82) is 0 Å².